The van der Waals surface area contributed by atoms with Gasteiger partial charge >= 0.3 is 0 Å². The lowest BCUT2D eigenvalue weighted by Gasteiger charge is -2.31. The van der Waals surface area contributed by atoms with Crippen molar-refractivity contribution in [2.75, 3.05) is 17.2 Å². The molecule has 0 heterocycles. The second kappa shape index (κ2) is 5.29. The predicted octanol–water partition coefficient (Wildman–Crippen LogP) is 2.14. The highest BCUT2D eigenvalue weighted by molar-refractivity contribution is 6.00. The Kier molecular flexibility index (Phi) is 3.75. The molecule has 0 atom stereocenters. The summed E-state index contributed by atoms with van der Waals surface area (Å²) in [7, 11) is 0. The van der Waals surface area contributed by atoms with E-state index >= 15 is 0 Å². The van der Waals surface area contributed by atoms with E-state index in [0.717, 1.165) is 12.2 Å². The summed E-state index contributed by atoms with van der Waals surface area (Å²) in [5.74, 6) is -0.461. The van der Waals surface area contributed by atoms with Crippen LogP contribution in [-0.2, 0) is 0 Å². The molecule has 0 saturated heterocycles. The van der Waals surface area contributed by atoms with Crippen molar-refractivity contribution in [2.24, 2.45) is 5.73 Å². The van der Waals surface area contributed by atoms with Crippen molar-refractivity contribution < 1.29 is 4.79 Å². The van der Waals surface area contributed by atoms with Crippen LogP contribution in [0.15, 0.2) is 18.2 Å². The van der Waals surface area contributed by atoms with E-state index in [4.69, 9.17) is 11.5 Å². The Morgan fingerprint density at radius 1 is 1.39 bits per heavy atom. The summed E-state index contributed by atoms with van der Waals surface area (Å²) in [5.41, 5.74) is 13.3. The molecule has 1 aromatic rings. The van der Waals surface area contributed by atoms with Gasteiger partial charge in [-0.2, -0.15) is 0 Å². The lowest BCUT2D eigenvalue weighted by Crippen LogP contribution is -2.34. The van der Waals surface area contributed by atoms with Crippen LogP contribution in [-0.4, -0.2) is 18.5 Å². The average Bonchev–Trinajstić information content (AvgIpc) is 2.85. The Morgan fingerprint density at radius 3 is 2.61 bits per heavy atom. The number of carbonyl (C=O) groups is 1. The largest absolute Gasteiger partial charge is 0.396 e. The topological polar surface area (TPSA) is 72.3 Å². The highest BCUT2D eigenvalue weighted by Gasteiger charge is 2.24. The van der Waals surface area contributed by atoms with E-state index < -0.39 is 5.91 Å². The van der Waals surface area contributed by atoms with Crippen molar-refractivity contribution in [1.82, 2.24) is 0 Å². The number of primary amides is 1. The summed E-state index contributed by atoms with van der Waals surface area (Å²) in [6, 6.07) is 6.05. The number of rotatable bonds is 4. The van der Waals surface area contributed by atoms with E-state index in [-0.39, 0.29) is 0 Å². The normalized spacial score (nSPS) is 15.8. The van der Waals surface area contributed by atoms with Crippen LogP contribution in [0.3, 0.4) is 0 Å². The minimum absolute atomic E-state index is 0.420. The fourth-order valence-electron chi connectivity index (χ4n) is 2.86. The molecule has 0 aliphatic heterocycles. The molecular formula is C14H21N3O. The van der Waals surface area contributed by atoms with Gasteiger partial charge in [-0.15, -0.1) is 0 Å². The quantitative estimate of drug-likeness (QED) is 0.801. The lowest BCUT2D eigenvalue weighted by molar-refractivity contribution is 0.100. The molecule has 98 valence electrons. The standard InChI is InChI=1S/C14H21N3O/c1-2-17(10-6-3-4-7-10)12-9-5-8-11(13(12)15)14(16)18/h5,8-10H,2-4,6-7,15H2,1H3,(H2,16,18). The summed E-state index contributed by atoms with van der Waals surface area (Å²) in [5, 5.41) is 0. The van der Waals surface area contributed by atoms with Crippen molar-refractivity contribution >= 4 is 17.3 Å². The summed E-state index contributed by atoms with van der Waals surface area (Å²) in [4.78, 5) is 13.6. The number of hydrogen-bond donors (Lipinski definition) is 2. The van der Waals surface area contributed by atoms with E-state index in [9.17, 15) is 4.79 Å². The lowest BCUT2D eigenvalue weighted by atomic mass is 10.1. The van der Waals surface area contributed by atoms with E-state index in [2.05, 4.69) is 11.8 Å². The third-order valence-corrected chi connectivity index (χ3v) is 3.76. The maximum atomic E-state index is 11.3. The van der Waals surface area contributed by atoms with Gasteiger partial charge in [-0.05, 0) is 31.9 Å². The summed E-state index contributed by atoms with van der Waals surface area (Å²) in [6.07, 6.45) is 4.95. The number of para-hydroxylation sites is 1. The van der Waals surface area contributed by atoms with Crippen LogP contribution >= 0.6 is 0 Å². The fraction of sp³-hybridized carbons (Fsp3) is 0.500. The van der Waals surface area contributed by atoms with Crippen molar-refractivity contribution in [2.45, 2.75) is 38.6 Å². The zero-order chi connectivity index (χ0) is 13.1. The Balaban J connectivity index is 2.35. The first-order valence-electron chi connectivity index (χ1n) is 6.60. The minimum Gasteiger partial charge on any atom is -0.396 e. The van der Waals surface area contributed by atoms with Gasteiger partial charge in [0.2, 0.25) is 0 Å². The number of carbonyl (C=O) groups excluding carboxylic acids is 1. The molecule has 0 aromatic heterocycles. The second-order valence-corrected chi connectivity index (χ2v) is 4.83. The fourth-order valence-corrected chi connectivity index (χ4v) is 2.86. The molecular weight excluding hydrogens is 226 g/mol. The van der Waals surface area contributed by atoms with Gasteiger partial charge in [0, 0.05) is 12.6 Å². The minimum atomic E-state index is -0.461. The maximum Gasteiger partial charge on any atom is 0.250 e. The number of nitrogens with two attached hydrogens (primary N) is 2. The van der Waals surface area contributed by atoms with Gasteiger partial charge in [0.25, 0.3) is 5.91 Å². The van der Waals surface area contributed by atoms with Crippen molar-refractivity contribution in [3.05, 3.63) is 23.8 Å². The maximum absolute atomic E-state index is 11.3. The molecule has 0 bridgehead atoms. The third kappa shape index (κ3) is 2.28. The molecule has 1 aromatic carbocycles. The molecule has 4 nitrogen and oxygen atoms in total. The molecule has 1 saturated carbocycles. The molecule has 0 spiro atoms. The molecule has 0 radical (unpaired) electrons. The van der Waals surface area contributed by atoms with Crippen LogP contribution in [0.5, 0.6) is 0 Å². The monoisotopic (exact) mass is 247 g/mol. The molecule has 4 N–H and O–H groups in total. The first-order valence-corrected chi connectivity index (χ1v) is 6.60. The van der Waals surface area contributed by atoms with Crippen molar-refractivity contribution in [3.8, 4) is 0 Å². The van der Waals surface area contributed by atoms with Gasteiger partial charge in [-0.25, -0.2) is 0 Å². The van der Waals surface area contributed by atoms with E-state index in [0.29, 0.717) is 17.3 Å². The van der Waals surface area contributed by atoms with Crippen molar-refractivity contribution in [3.63, 3.8) is 0 Å². The molecule has 0 unspecified atom stereocenters. The third-order valence-electron chi connectivity index (χ3n) is 3.76. The number of amides is 1. The van der Waals surface area contributed by atoms with Crippen LogP contribution in [0.2, 0.25) is 0 Å². The molecule has 1 aliphatic carbocycles. The predicted molar refractivity (Wildman–Crippen MR) is 74.6 cm³/mol. The zero-order valence-corrected chi connectivity index (χ0v) is 10.9. The second-order valence-electron chi connectivity index (χ2n) is 4.83. The molecule has 1 amide bonds. The number of benzene rings is 1. The van der Waals surface area contributed by atoms with Crippen molar-refractivity contribution in [1.29, 1.82) is 0 Å². The van der Waals surface area contributed by atoms with Gasteiger partial charge in [0.1, 0.15) is 0 Å². The molecule has 1 aliphatic rings. The summed E-state index contributed by atoms with van der Waals surface area (Å²) in [6.45, 7) is 3.02. The van der Waals surface area contributed by atoms with Gasteiger partial charge < -0.3 is 16.4 Å². The number of anilines is 2. The molecule has 1 fully saturated rings. The van der Waals surface area contributed by atoms with Crippen LogP contribution in [0.25, 0.3) is 0 Å². The van der Waals surface area contributed by atoms with Gasteiger partial charge in [0.05, 0.1) is 16.9 Å². The van der Waals surface area contributed by atoms with E-state index in [1.807, 2.05) is 12.1 Å². The van der Waals surface area contributed by atoms with Crippen LogP contribution in [0.4, 0.5) is 11.4 Å². The van der Waals surface area contributed by atoms with Crippen LogP contribution < -0.4 is 16.4 Å². The van der Waals surface area contributed by atoms with Gasteiger partial charge in [-0.1, -0.05) is 18.9 Å². The summed E-state index contributed by atoms with van der Waals surface area (Å²) < 4.78 is 0. The Labute approximate surface area is 108 Å². The van der Waals surface area contributed by atoms with Crippen LogP contribution in [0, 0.1) is 0 Å². The first-order chi connectivity index (χ1) is 8.65. The number of nitrogen functional groups attached to an aromatic ring is 1. The number of nitrogens with zero attached hydrogens (tertiary/aromatic N) is 1. The van der Waals surface area contributed by atoms with E-state index in [1.54, 1.807) is 6.07 Å². The smallest absolute Gasteiger partial charge is 0.250 e. The van der Waals surface area contributed by atoms with E-state index in [1.165, 1.54) is 25.7 Å². The molecule has 18 heavy (non-hydrogen) atoms. The van der Waals surface area contributed by atoms with Gasteiger partial charge in [0.15, 0.2) is 0 Å². The highest BCUT2D eigenvalue weighted by Crippen LogP contribution is 2.33. The van der Waals surface area contributed by atoms with Gasteiger partial charge in [-0.3, -0.25) is 4.79 Å². The van der Waals surface area contributed by atoms with Crippen LogP contribution in [0.1, 0.15) is 43.0 Å². The zero-order valence-electron chi connectivity index (χ0n) is 10.9. The average molecular weight is 247 g/mol. The molecule has 4 heteroatoms. The Bertz CT molecular complexity index is 439. The Morgan fingerprint density at radius 2 is 2.06 bits per heavy atom. The SMILES string of the molecule is CCN(c1cccc(C(N)=O)c1N)C1CCCC1. The molecule has 2 rings (SSSR count). The Hall–Kier alpha value is -1.71. The number of hydrogen-bond acceptors (Lipinski definition) is 3. The highest BCUT2D eigenvalue weighted by atomic mass is 16.1. The summed E-state index contributed by atoms with van der Waals surface area (Å²) >= 11 is 0. The first kappa shape index (κ1) is 12.7.